The number of H-pyrrole nitrogens is 1. The summed E-state index contributed by atoms with van der Waals surface area (Å²) < 4.78 is 0. The number of nitrogens with one attached hydrogen (secondary N) is 1. The van der Waals surface area contributed by atoms with Gasteiger partial charge in [-0.2, -0.15) is 0 Å². The van der Waals surface area contributed by atoms with E-state index in [0.29, 0.717) is 0 Å². The molecule has 1 radical (unpaired) electrons. The molecule has 0 bridgehead atoms. The van der Waals surface area contributed by atoms with E-state index in [9.17, 15) is 9.59 Å². The third kappa shape index (κ3) is 1.94. The number of aromatic amines is 1. The lowest BCUT2D eigenvalue weighted by Gasteiger charge is -1.88. The van der Waals surface area contributed by atoms with E-state index in [0.717, 1.165) is 0 Å². The Morgan fingerprint density at radius 2 is 2.07 bits per heavy atom. The van der Waals surface area contributed by atoms with Crippen LogP contribution >= 0.6 is 12.2 Å². The number of imidazole rings is 1. The Labute approximate surface area is 83.6 Å². The molecule has 1 aromatic heterocycles. The molecule has 6 nitrogen and oxygen atoms in total. The second-order valence-electron chi connectivity index (χ2n) is 2.34. The highest BCUT2D eigenvalue weighted by molar-refractivity contribution is 7.78. The Hall–Kier alpha value is -1.76. The predicted molar refractivity (Wildman–Crippen MR) is 48.8 cm³/mol. The lowest BCUT2D eigenvalue weighted by molar-refractivity contribution is 0.0644. The van der Waals surface area contributed by atoms with E-state index < -0.39 is 23.3 Å². The van der Waals surface area contributed by atoms with Gasteiger partial charge in [0.1, 0.15) is 5.82 Å². The maximum atomic E-state index is 10.6. The zero-order valence-electron chi connectivity index (χ0n) is 6.77. The fourth-order valence-corrected chi connectivity index (χ4v) is 1.02. The molecular formula is C7H5N2O4S. The van der Waals surface area contributed by atoms with Gasteiger partial charge in [0.2, 0.25) is 0 Å². The molecule has 0 atom stereocenters. The fraction of sp³-hybridized carbons (Fsp3) is 0.143. The van der Waals surface area contributed by atoms with Gasteiger partial charge in [-0.05, 0) is 0 Å². The van der Waals surface area contributed by atoms with Crippen molar-refractivity contribution in [2.24, 2.45) is 0 Å². The largest absolute Gasteiger partial charge is 0.477 e. The lowest BCUT2D eigenvalue weighted by Crippen LogP contribution is -2.07. The first-order chi connectivity index (χ1) is 6.56. The first-order valence-electron chi connectivity index (χ1n) is 3.46. The van der Waals surface area contributed by atoms with Crippen molar-refractivity contribution in [2.45, 2.75) is 6.42 Å². The van der Waals surface area contributed by atoms with E-state index >= 15 is 0 Å². The third-order valence-corrected chi connectivity index (χ3v) is 1.55. The van der Waals surface area contributed by atoms with Gasteiger partial charge >= 0.3 is 11.9 Å². The first kappa shape index (κ1) is 10.3. The molecule has 1 heterocycles. The smallest absolute Gasteiger partial charge is 0.357 e. The van der Waals surface area contributed by atoms with Gasteiger partial charge in [0.25, 0.3) is 0 Å². The van der Waals surface area contributed by atoms with Crippen molar-refractivity contribution < 1.29 is 19.8 Å². The summed E-state index contributed by atoms with van der Waals surface area (Å²) in [6.45, 7) is 0. The van der Waals surface area contributed by atoms with Crippen LogP contribution in [0.5, 0.6) is 0 Å². The van der Waals surface area contributed by atoms with Crippen molar-refractivity contribution in [3.8, 4) is 0 Å². The molecular weight excluding hydrogens is 208 g/mol. The van der Waals surface area contributed by atoms with Crippen molar-refractivity contribution in [1.82, 2.24) is 9.97 Å². The molecule has 0 aromatic carbocycles. The Balaban J connectivity index is 3.18. The SMILES string of the molecule is O=C(O)c1nc(C[C]=S)[nH]c1C(=O)O. The maximum absolute atomic E-state index is 10.6. The van der Waals surface area contributed by atoms with Crippen molar-refractivity contribution in [3.05, 3.63) is 17.2 Å². The number of hydrogen-bond acceptors (Lipinski definition) is 4. The summed E-state index contributed by atoms with van der Waals surface area (Å²) in [4.78, 5) is 27.0. The molecule has 73 valence electrons. The fourth-order valence-electron chi connectivity index (χ4n) is 0.884. The third-order valence-electron chi connectivity index (χ3n) is 1.41. The van der Waals surface area contributed by atoms with Crippen molar-refractivity contribution in [1.29, 1.82) is 0 Å². The summed E-state index contributed by atoms with van der Waals surface area (Å²) in [6.07, 6.45) is 0.100. The quantitative estimate of drug-likeness (QED) is 0.618. The van der Waals surface area contributed by atoms with Crippen LogP contribution in [0, 0.1) is 0 Å². The number of thiocarbonyl (C=S) groups is 1. The molecule has 0 aliphatic rings. The summed E-state index contributed by atoms with van der Waals surface area (Å²) in [5, 5.41) is 19.5. The Morgan fingerprint density at radius 3 is 2.43 bits per heavy atom. The van der Waals surface area contributed by atoms with Crippen LogP contribution in [0.2, 0.25) is 0 Å². The molecule has 7 heteroatoms. The molecule has 0 aliphatic carbocycles. The maximum Gasteiger partial charge on any atom is 0.357 e. The van der Waals surface area contributed by atoms with E-state index in [1.807, 2.05) is 0 Å². The van der Waals surface area contributed by atoms with Crippen LogP contribution in [0.3, 0.4) is 0 Å². The molecule has 0 amide bonds. The highest BCUT2D eigenvalue weighted by Crippen LogP contribution is 2.06. The minimum Gasteiger partial charge on any atom is -0.477 e. The molecule has 1 rings (SSSR count). The summed E-state index contributed by atoms with van der Waals surface area (Å²) in [6, 6.07) is 0. The Kier molecular flexibility index (Phi) is 2.92. The Morgan fingerprint density at radius 1 is 1.43 bits per heavy atom. The first-order valence-corrected chi connectivity index (χ1v) is 3.87. The van der Waals surface area contributed by atoms with Crippen LogP contribution in [0.15, 0.2) is 0 Å². The van der Waals surface area contributed by atoms with Gasteiger partial charge in [0.15, 0.2) is 11.4 Å². The number of aromatic nitrogens is 2. The summed E-state index contributed by atoms with van der Waals surface area (Å²) in [5.74, 6) is -2.59. The number of carbonyl (C=O) groups is 2. The number of aromatic carboxylic acids is 2. The standard InChI is InChI=1S/C7H5N2O4S/c10-6(11)4-5(7(12)13)9-3(8-4)1-2-14/h1H2,(H,8,9)(H,10,11)(H,12,13). The van der Waals surface area contributed by atoms with Crippen LogP contribution < -0.4 is 0 Å². The van der Waals surface area contributed by atoms with Crippen LogP contribution in [-0.2, 0) is 6.42 Å². The highest BCUT2D eigenvalue weighted by Gasteiger charge is 2.21. The van der Waals surface area contributed by atoms with Gasteiger partial charge in [-0.3, -0.25) is 0 Å². The lowest BCUT2D eigenvalue weighted by atomic mass is 10.3. The molecule has 14 heavy (non-hydrogen) atoms. The number of rotatable bonds is 4. The van der Waals surface area contributed by atoms with Gasteiger partial charge in [0.05, 0.1) is 0 Å². The molecule has 1 aromatic rings. The molecule has 0 saturated carbocycles. The Bertz CT molecular complexity index is 367. The monoisotopic (exact) mass is 213 g/mol. The second-order valence-corrected chi connectivity index (χ2v) is 2.63. The van der Waals surface area contributed by atoms with Crippen molar-refractivity contribution in [2.75, 3.05) is 0 Å². The number of hydrogen-bond donors (Lipinski definition) is 3. The molecule has 0 saturated heterocycles. The van der Waals surface area contributed by atoms with Gasteiger partial charge in [-0.25, -0.2) is 14.6 Å². The van der Waals surface area contributed by atoms with Crippen molar-refractivity contribution >= 4 is 29.5 Å². The average molecular weight is 213 g/mol. The number of carboxylic acids is 2. The zero-order valence-corrected chi connectivity index (χ0v) is 7.59. The van der Waals surface area contributed by atoms with E-state index in [1.165, 1.54) is 0 Å². The molecule has 0 fully saturated rings. The van der Waals surface area contributed by atoms with Crippen LogP contribution in [-0.4, -0.2) is 37.5 Å². The summed E-state index contributed by atoms with van der Waals surface area (Å²) in [7, 11) is 0. The van der Waals surface area contributed by atoms with E-state index in [-0.39, 0.29) is 12.2 Å². The van der Waals surface area contributed by atoms with E-state index in [2.05, 4.69) is 27.6 Å². The minimum atomic E-state index is -1.39. The van der Waals surface area contributed by atoms with Gasteiger partial charge < -0.3 is 15.2 Å². The molecule has 3 N–H and O–H groups in total. The zero-order chi connectivity index (χ0) is 10.7. The van der Waals surface area contributed by atoms with Gasteiger partial charge in [0, 0.05) is 11.8 Å². The predicted octanol–water partition coefficient (Wildman–Crippen LogP) is 0.225. The van der Waals surface area contributed by atoms with Crippen LogP contribution in [0.1, 0.15) is 26.8 Å². The summed E-state index contributed by atoms with van der Waals surface area (Å²) >= 11 is 4.41. The molecule has 0 unspecified atom stereocenters. The van der Waals surface area contributed by atoms with E-state index in [1.54, 1.807) is 0 Å². The van der Waals surface area contributed by atoms with Crippen molar-refractivity contribution in [3.63, 3.8) is 0 Å². The van der Waals surface area contributed by atoms with E-state index in [4.69, 9.17) is 10.2 Å². The normalized spacial score (nSPS) is 9.71. The van der Waals surface area contributed by atoms with Gasteiger partial charge in [-0.15, -0.1) is 0 Å². The number of carboxylic acid groups (broad SMARTS) is 2. The topological polar surface area (TPSA) is 103 Å². The minimum absolute atomic E-state index is 0.100. The second kappa shape index (κ2) is 3.97. The highest BCUT2D eigenvalue weighted by atomic mass is 32.1. The number of nitrogens with zero attached hydrogens (tertiary/aromatic N) is 1. The van der Waals surface area contributed by atoms with Gasteiger partial charge in [-0.1, -0.05) is 12.2 Å². The van der Waals surface area contributed by atoms with Crippen LogP contribution in [0.4, 0.5) is 0 Å². The molecule has 0 aliphatic heterocycles. The average Bonchev–Trinajstić information content (AvgIpc) is 2.49. The van der Waals surface area contributed by atoms with Crippen LogP contribution in [0.25, 0.3) is 0 Å². The molecule has 0 spiro atoms. The summed E-state index contributed by atoms with van der Waals surface area (Å²) in [5.41, 5.74) is -0.962.